The highest BCUT2D eigenvalue weighted by molar-refractivity contribution is 5.68. The number of hydrogen-bond donors (Lipinski definition) is 1. The van der Waals surface area contributed by atoms with Crippen molar-refractivity contribution in [1.29, 1.82) is 0 Å². The quantitative estimate of drug-likeness (QED) is 0.218. The minimum absolute atomic E-state index is 0.250. The third-order valence-corrected chi connectivity index (χ3v) is 4.69. The predicted octanol–water partition coefficient (Wildman–Crippen LogP) is 7.94. The van der Waals surface area contributed by atoms with Gasteiger partial charge < -0.3 is 10.1 Å². The molecule has 3 nitrogen and oxygen atoms in total. The van der Waals surface area contributed by atoms with E-state index in [0.717, 1.165) is 12.8 Å². The lowest BCUT2D eigenvalue weighted by Crippen LogP contribution is -2.39. The molecule has 0 aromatic rings. The summed E-state index contributed by atoms with van der Waals surface area (Å²) in [5.41, 5.74) is -0.430. The average Bonchev–Trinajstić information content (AvgIpc) is 2.58. The molecule has 0 aliphatic rings. The van der Waals surface area contributed by atoms with Gasteiger partial charge in [-0.3, -0.25) is 0 Å². The zero-order chi connectivity index (χ0) is 20.4. The van der Waals surface area contributed by atoms with Crippen LogP contribution in [0.4, 0.5) is 4.79 Å². The van der Waals surface area contributed by atoms with Crippen LogP contribution in [0.5, 0.6) is 0 Å². The van der Waals surface area contributed by atoms with Gasteiger partial charge in [-0.2, -0.15) is 0 Å². The van der Waals surface area contributed by atoms with E-state index in [2.05, 4.69) is 31.3 Å². The van der Waals surface area contributed by atoms with E-state index in [-0.39, 0.29) is 12.1 Å². The lowest BCUT2D eigenvalue weighted by Gasteiger charge is -2.23. The highest BCUT2D eigenvalue weighted by Crippen LogP contribution is 2.14. The summed E-state index contributed by atoms with van der Waals surface area (Å²) in [4.78, 5) is 12.1. The fourth-order valence-electron chi connectivity index (χ4n) is 3.16. The minimum Gasteiger partial charge on any atom is -0.444 e. The first-order valence-corrected chi connectivity index (χ1v) is 11.5. The second-order valence-corrected chi connectivity index (χ2v) is 8.80. The highest BCUT2D eigenvalue weighted by atomic mass is 16.6. The number of nitrogens with one attached hydrogen (secondary N) is 1. The van der Waals surface area contributed by atoms with Crippen LogP contribution in [0, 0.1) is 0 Å². The number of carbonyl (C=O) groups excluding carboxylic acids is 1. The van der Waals surface area contributed by atoms with Gasteiger partial charge in [0.25, 0.3) is 0 Å². The summed E-state index contributed by atoms with van der Waals surface area (Å²) < 4.78 is 5.42. The van der Waals surface area contributed by atoms with Gasteiger partial charge in [-0.05, 0) is 59.3 Å². The lowest BCUT2D eigenvalue weighted by atomic mass is 10.0. The molecule has 160 valence electrons. The van der Waals surface area contributed by atoms with E-state index < -0.39 is 5.60 Å². The molecule has 0 bridgehead atoms. The SMILES string of the molecule is CCCCCC/C=C/CCCCCC(CCCCC)NC(=O)OC(C)(C)C. The number of allylic oxidation sites excluding steroid dienone is 2. The molecule has 0 aromatic heterocycles. The molecule has 0 aliphatic carbocycles. The van der Waals surface area contributed by atoms with Crippen molar-refractivity contribution >= 4 is 6.09 Å². The van der Waals surface area contributed by atoms with Gasteiger partial charge in [0.2, 0.25) is 0 Å². The average molecular weight is 382 g/mol. The predicted molar refractivity (Wildman–Crippen MR) is 118 cm³/mol. The number of ether oxygens (including phenoxy) is 1. The second kappa shape index (κ2) is 17.1. The van der Waals surface area contributed by atoms with Crippen molar-refractivity contribution < 1.29 is 9.53 Å². The standard InChI is InChI=1S/C24H47NO2/c1-6-8-10-11-12-13-14-15-16-17-19-21-22(20-18-9-7-2)25-23(26)27-24(3,4)5/h13-14,22H,6-12,15-21H2,1-5H3,(H,25,26)/b14-13+. The summed E-state index contributed by atoms with van der Waals surface area (Å²) in [6, 6.07) is 0.250. The molecule has 1 atom stereocenters. The Kier molecular flexibility index (Phi) is 16.5. The van der Waals surface area contributed by atoms with E-state index in [1.807, 2.05) is 20.8 Å². The summed E-state index contributed by atoms with van der Waals surface area (Å²) in [6.07, 6.45) is 21.6. The molecule has 27 heavy (non-hydrogen) atoms. The van der Waals surface area contributed by atoms with Crippen molar-refractivity contribution in [3.05, 3.63) is 12.2 Å². The fourth-order valence-corrected chi connectivity index (χ4v) is 3.16. The number of amides is 1. The summed E-state index contributed by atoms with van der Waals surface area (Å²) >= 11 is 0. The zero-order valence-electron chi connectivity index (χ0n) is 18.9. The van der Waals surface area contributed by atoms with E-state index in [1.165, 1.54) is 77.0 Å². The van der Waals surface area contributed by atoms with Gasteiger partial charge in [0.1, 0.15) is 5.60 Å². The Morgan fingerprint density at radius 2 is 1.30 bits per heavy atom. The first-order valence-electron chi connectivity index (χ1n) is 11.5. The van der Waals surface area contributed by atoms with Gasteiger partial charge in [-0.1, -0.05) is 77.4 Å². The maximum atomic E-state index is 12.1. The van der Waals surface area contributed by atoms with Crippen LogP contribution in [-0.4, -0.2) is 17.7 Å². The molecule has 0 fully saturated rings. The Labute approximate surface area is 169 Å². The normalized spacial score (nSPS) is 13.1. The molecule has 0 rings (SSSR count). The monoisotopic (exact) mass is 381 g/mol. The van der Waals surface area contributed by atoms with Crippen molar-refractivity contribution in [1.82, 2.24) is 5.32 Å². The van der Waals surface area contributed by atoms with Crippen LogP contribution < -0.4 is 5.32 Å². The van der Waals surface area contributed by atoms with Crippen molar-refractivity contribution in [2.75, 3.05) is 0 Å². The molecule has 0 heterocycles. The third kappa shape index (κ3) is 19.6. The molecule has 0 saturated heterocycles. The zero-order valence-corrected chi connectivity index (χ0v) is 18.9. The van der Waals surface area contributed by atoms with Crippen molar-refractivity contribution in [2.45, 2.75) is 136 Å². The van der Waals surface area contributed by atoms with Gasteiger partial charge in [-0.25, -0.2) is 4.79 Å². The topological polar surface area (TPSA) is 38.3 Å². The van der Waals surface area contributed by atoms with Gasteiger partial charge in [-0.15, -0.1) is 0 Å². The van der Waals surface area contributed by atoms with Gasteiger partial charge >= 0.3 is 6.09 Å². The Balaban J connectivity index is 3.93. The van der Waals surface area contributed by atoms with Crippen molar-refractivity contribution in [2.24, 2.45) is 0 Å². The fraction of sp³-hybridized carbons (Fsp3) is 0.875. The first-order chi connectivity index (χ1) is 12.9. The molecule has 0 aromatic carbocycles. The van der Waals surface area contributed by atoms with E-state index in [0.29, 0.717) is 0 Å². The molecular weight excluding hydrogens is 334 g/mol. The Morgan fingerprint density at radius 3 is 1.81 bits per heavy atom. The third-order valence-electron chi connectivity index (χ3n) is 4.69. The smallest absolute Gasteiger partial charge is 0.407 e. The minimum atomic E-state index is -0.430. The first kappa shape index (κ1) is 26.0. The molecule has 0 aliphatic heterocycles. The second-order valence-electron chi connectivity index (χ2n) is 8.80. The Hall–Kier alpha value is -0.990. The van der Waals surface area contributed by atoms with Crippen molar-refractivity contribution in [3.63, 3.8) is 0 Å². The van der Waals surface area contributed by atoms with E-state index in [4.69, 9.17) is 4.74 Å². The lowest BCUT2D eigenvalue weighted by molar-refractivity contribution is 0.0497. The van der Waals surface area contributed by atoms with Gasteiger partial charge in [0.15, 0.2) is 0 Å². The molecule has 1 unspecified atom stereocenters. The maximum Gasteiger partial charge on any atom is 0.407 e. The molecule has 1 amide bonds. The largest absolute Gasteiger partial charge is 0.444 e. The summed E-state index contributed by atoms with van der Waals surface area (Å²) in [5.74, 6) is 0. The molecule has 3 heteroatoms. The molecule has 0 radical (unpaired) electrons. The van der Waals surface area contributed by atoms with Crippen LogP contribution in [0.1, 0.15) is 125 Å². The van der Waals surface area contributed by atoms with Crippen molar-refractivity contribution in [3.8, 4) is 0 Å². The molecular formula is C24H47NO2. The maximum absolute atomic E-state index is 12.1. The van der Waals surface area contributed by atoms with E-state index in [1.54, 1.807) is 0 Å². The number of unbranched alkanes of at least 4 members (excludes halogenated alkanes) is 9. The number of alkyl carbamates (subject to hydrolysis) is 1. The molecule has 0 saturated carbocycles. The Bertz CT molecular complexity index is 371. The Morgan fingerprint density at radius 1 is 0.815 bits per heavy atom. The van der Waals surface area contributed by atoms with Gasteiger partial charge in [0, 0.05) is 6.04 Å². The van der Waals surface area contributed by atoms with Crippen LogP contribution >= 0.6 is 0 Å². The summed E-state index contributed by atoms with van der Waals surface area (Å²) in [6.45, 7) is 10.2. The van der Waals surface area contributed by atoms with Crippen LogP contribution in [-0.2, 0) is 4.74 Å². The summed E-state index contributed by atoms with van der Waals surface area (Å²) in [5, 5.41) is 3.09. The number of rotatable bonds is 16. The van der Waals surface area contributed by atoms with E-state index >= 15 is 0 Å². The van der Waals surface area contributed by atoms with Crippen LogP contribution in [0.3, 0.4) is 0 Å². The van der Waals surface area contributed by atoms with Gasteiger partial charge in [0.05, 0.1) is 0 Å². The van der Waals surface area contributed by atoms with Crippen LogP contribution in [0.2, 0.25) is 0 Å². The molecule has 1 N–H and O–H groups in total. The highest BCUT2D eigenvalue weighted by Gasteiger charge is 2.19. The van der Waals surface area contributed by atoms with Crippen LogP contribution in [0.15, 0.2) is 12.2 Å². The van der Waals surface area contributed by atoms with Crippen LogP contribution in [0.25, 0.3) is 0 Å². The molecule has 0 spiro atoms. The van der Waals surface area contributed by atoms with E-state index in [9.17, 15) is 4.79 Å². The summed E-state index contributed by atoms with van der Waals surface area (Å²) in [7, 11) is 0. The number of hydrogen-bond acceptors (Lipinski definition) is 2. The number of carbonyl (C=O) groups is 1.